The molecule has 5 heteroatoms. The molecule has 0 spiro atoms. The average Bonchev–Trinajstić information content (AvgIpc) is 2.35. The molecule has 0 fully saturated rings. The predicted octanol–water partition coefficient (Wildman–Crippen LogP) is 2.97. The van der Waals surface area contributed by atoms with Gasteiger partial charge in [-0.25, -0.2) is 9.37 Å². The minimum absolute atomic E-state index is 0.357. The molecule has 90 valence electrons. The summed E-state index contributed by atoms with van der Waals surface area (Å²) in [7, 11) is 0. The molecule has 2 rings (SSSR count). The zero-order valence-corrected chi connectivity index (χ0v) is 10.2. The van der Waals surface area contributed by atoms with E-state index >= 15 is 0 Å². The van der Waals surface area contributed by atoms with Gasteiger partial charge in [0.05, 0.1) is 0 Å². The van der Waals surface area contributed by atoms with Gasteiger partial charge < -0.3 is 5.73 Å². The van der Waals surface area contributed by atoms with E-state index < -0.39 is 0 Å². The molecule has 1 aromatic carbocycles. The summed E-state index contributed by atoms with van der Waals surface area (Å²) in [4.78, 5) is 4.71. The Hall–Kier alpha value is -2.06. The van der Waals surface area contributed by atoms with Crippen LogP contribution in [0.15, 0.2) is 41.4 Å². The first kappa shape index (κ1) is 12.4. The maximum atomic E-state index is 13.1. The summed E-state index contributed by atoms with van der Waals surface area (Å²) in [6, 6.07) is 10.0. The van der Waals surface area contributed by atoms with Crippen LogP contribution in [0.4, 0.5) is 10.1 Å². The van der Waals surface area contributed by atoms with Gasteiger partial charge in [0.2, 0.25) is 0 Å². The van der Waals surface area contributed by atoms with E-state index in [1.54, 1.807) is 18.3 Å². The van der Waals surface area contributed by atoms with Crippen molar-refractivity contribution >= 4 is 17.4 Å². The van der Waals surface area contributed by atoms with Gasteiger partial charge in [-0.05, 0) is 29.8 Å². The molecule has 1 aromatic heterocycles. The molecule has 0 bridgehead atoms. The summed E-state index contributed by atoms with van der Waals surface area (Å²) < 4.78 is 13.1. The molecular formula is C13H10FN3S. The maximum absolute atomic E-state index is 13.1. The normalized spacial score (nSPS) is 10.0. The van der Waals surface area contributed by atoms with E-state index in [0.717, 1.165) is 10.5 Å². The molecule has 0 aliphatic rings. The summed E-state index contributed by atoms with van der Waals surface area (Å²) in [6.45, 7) is 0. The third-order valence-electron chi connectivity index (χ3n) is 2.29. The number of nitrogen functional groups attached to an aromatic ring is 1. The fourth-order valence-electron chi connectivity index (χ4n) is 1.48. The quantitative estimate of drug-likeness (QED) is 0.680. The second-order valence-corrected chi connectivity index (χ2v) is 4.68. The maximum Gasteiger partial charge on any atom is 0.144 e. The Balaban J connectivity index is 2.14. The largest absolute Gasteiger partial charge is 0.399 e. The van der Waals surface area contributed by atoms with Gasteiger partial charge >= 0.3 is 0 Å². The van der Waals surface area contributed by atoms with Gasteiger partial charge in [-0.3, -0.25) is 0 Å². The van der Waals surface area contributed by atoms with Crippen molar-refractivity contribution in [3.63, 3.8) is 0 Å². The van der Waals surface area contributed by atoms with E-state index in [2.05, 4.69) is 4.98 Å². The van der Waals surface area contributed by atoms with Gasteiger partial charge in [0, 0.05) is 22.5 Å². The fourth-order valence-corrected chi connectivity index (χ4v) is 2.45. The molecule has 18 heavy (non-hydrogen) atoms. The number of thioether (sulfide) groups is 1. The fraction of sp³-hybridized carbons (Fsp3) is 0.0769. The number of pyridine rings is 1. The van der Waals surface area contributed by atoms with Crippen LogP contribution in [0.5, 0.6) is 0 Å². The lowest BCUT2D eigenvalue weighted by molar-refractivity contribution is 0.625. The topological polar surface area (TPSA) is 62.7 Å². The Labute approximate surface area is 108 Å². The zero-order valence-electron chi connectivity index (χ0n) is 9.43. The van der Waals surface area contributed by atoms with Gasteiger partial charge in [-0.2, -0.15) is 5.26 Å². The Morgan fingerprint density at radius 1 is 1.39 bits per heavy atom. The molecule has 1 heterocycles. The van der Waals surface area contributed by atoms with E-state index in [9.17, 15) is 4.39 Å². The third kappa shape index (κ3) is 2.99. The van der Waals surface area contributed by atoms with Crippen molar-refractivity contribution in [1.82, 2.24) is 4.98 Å². The van der Waals surface area contributed by atoms with Gasteiger partial charge in [0.1, 0.15) is 17.6 Å². The van der Waals surface area contributed by atoms with Crippen LogP contribution in [0.1, 0.15) is 11.3 Å². The van der Waals surface area contributed by atoms with E-state index in [1.165, 1.54) is 23.9 Å². The van der Waals surface area contributed by atoms with Crippen molar-refractivity contribution in [2.45, 2.75) is 10.6 Å². The predicted molar refractivity (Wildman–Crippen MR) is 69.3 cm³/mol. The molecule has 0 aliphatic carbocycles. The molecule has 3 nitrogen and oxygen atoms in total. The molecule has 0 amide bonds. The Kier molecular flexibility index (Phi) is 3.80. The first-order valence-corrected chi connectivity index (χ1v) is 6.20. The van der Waals surface area contributed by atoms with Crippen molar-refractivity contribution in [3.8, 4) is 6.07 Å². The third-order valence-corrected chi connectivity index (χ3v) is 3.31. The number of hydrogen-bond donors (Lipinski definition) is 1. The molecular weight excluding hydrogens is 249 g/mol. The molecule has 0 saturated heterocycles. The van der Waals surface area contributed by atoms with Crippen LogP contribution in [0.2, 0.25) is 0 Å². The summed E-state index contributed by atoms with van der Waals surface area (Å²) in [6.07, 6.45) is 1.58. The van der Waals surface area contributed by atoms with Crippen LogP contribution in [0, 0.1) is 17.1 Å². The van der Waals surface area contributed by atoms with Crippen LogP contribution in [-0.2, 0) is 5.75 Å². The van der Waals surface area contributed by atoms with E-state index in [-0.39, 0.29) is 5.82 Å². The van der Waals surface area contributed by atoms with Crippen molar-refractivity contribution in [2.24, 2.45) is 0 Å². The smallest absolute Gasteiger partial charge is 0.144 e. The first-order valence-electron chi connectivity index (χ1n) is 5.22. The molecule has 0 unspecified atom stereocenters. The second kappa shape index (κ2) is 5.52. The highest BCUT2D eigenvalue weighted by Crippen LogP contribution is 2.26. The highest BCUT2D eigenvalue weighted by molar-refractivity contribution is 7.98. The van der Waals surface area contributed by atoms with Crippen molar-refractivity contribution < 1.29 is 4.39 Å². The molecule has 0 saturated carbocycles. The van der Waals surface area contributed by atoms with Gasteiger partial charge in [0.25, 0.3) is 0 Å². The van der Waals surface area contributed by atoms with Crippen molar-refractivity contribution in [3.05, 3.63) is 53.6 Å². The molecule has 0 radical (unpaired) electrons. The zero-order chi connectivity index (χ0) is 13.0. The van der Waals surface area contributed by atoms with Crippen LogP contribution in [0.3, 0.4) is 0 Å². The number of nitriles is 1. The lowest BCUT2D eigenvalue weighted by Crippen LogP contribution is -1.91. The summed E-state index contributed by atoms with van der Waals surface area (Å²) >= 11 is 1.42. The number of hydrogen-bond acceptors (Lipinski definition) is 4. The summed E-state index contributed by atoms with van der Waals surface area (Å²) in [5.74, 6) is 0.198. The monoisotopic (exact) mass is 259 g/mol. The molecule has 2 N–H and O–H groups in total. The van der Waals surface area contributed by atoms with Crippen LogP contribution in [-0.4, -0.2) is 4.98 Å². The summed E-state index contributed by atoms with van der Waals surface area (Å²) in [5, 5.41) is 8.90. The average molecular weight is 259 g/mol. The number of halogens is 1. The van der Waals surface area contributed by atoms with Crippen LogP contribution >= 0.6 is 11.8 Å². The van der Waals surface area contributed by atoms with Gasteiger partial charge in [0.15, 0.2) is 0 Å². The number of nitrogens with zero attached hydrogens (tertiary/aromatic N) is 2. The Morgan fingerprint density at radius 3 is 2.94 bits per heavy atom. The van der Waals surface area contributed by atoms with E-state index in [4.69, 9.17) is 11.0 Å². The Bertz CT molecular complexity index is 587. The standard InChI is InChI=1S/C13H10FN3S/c14-10-4-11(16)6-12(5-10)18-8-9-2-1-3-17-13(9)7-15/h1-6H,8,16H2. The van der Waals surface area contributed by atoms with Crippen molar-refractivity contribution in [1.29, 1.82) is 5.26 Å². The number of aromatic nitrogens is 1. The molecule has 0 atom stereocenters. The number of nitrogens with two attached hydrogens (primary N) is 1. The lowest BCUT2D eigenvalue weighted by Gasteiger charge is -2.04. The van der Waals surface area contributed by atoms with E-state index in [0.29, 0.717) is 17.1 Å². The molecule has 2 aromatic rings. The number of rotatable bonds is 3. The first-order chi connectivity index (χ1) is 8.69. The minimum atomic E-state index is -0.357. The molecule has 0 aliphatic heterocycles. The lowest BCUT2D eigenvalue weighted by atomic mass is 10.2. The number of benzene rings is 1. The summed E-state index contributed by atoms with van der Waals surface area (Å²) in [5.41, 5.74) is 7.18. The second-order valence-electron chi connectivity index (χ2n) is 3.63. The van der Waals surface area contributed by atoms with Crippen LogP contribution < -0.4 is 5.73 Å². The highest BCUT2D eigenvalue weighted by Gasteiger charge is 2.04. The van der Waals surface area contributed by atoms with Gasteiger partial charge in [-0.1, -0.05) is 6.07 Å². The Morgan fingerprint density at radius 2 is 2.22 bits per heavy atom. The SMILES string of the molecule is N#Cc1ncccc1CSc1cc(N)cc(F)c1. The van der Waals surface area contributed by atoms with Gasteiger partial charge in [-0.15, -0.1) is 11.8 Å². The van der Waals surface area contributed by atoms with E-state index in [1.807, 2.05) is 12.1 Å². The van der Waals surface area contributed by atoms with Crippen LogP contribution in [0.25, 0.3) is 0 Å². The minimum Gasteiger partial charge on any atom is -0.399 e. The van der Waals surface area contributed by atoms with Crippen molar-refractivity contribution in [2.75, 3.05) is 5.73 Å². The number of anilines is 1. The highest BCUT2D eigenvalue weighted by atomic mass is 32.2.